The van der Waals surface area contributed by atoms with E-state index in [1.54, 1.807) is 26.1 Å². The van der Waals surface area contributed by atoms with Crippen LogP contribution in [0.3, 0.4) is 0 Å². The van der Waals surface area contributed by atoms with Crippen molar-refractivity contribution in [2.45, 2.75) is 19.9 Å². The number of urea groups is 1. The molecule has 0 aliphatic carbocycles. The van der Waals surface area contributed by atoms with E-state index < -0.39 is 6.04 Å². The zero-order valence-electron chi connectivity index (χ0n) is 13.8. The molecule has 6 nitrogen and oxygen atoms in total. The molecule has 3 amide bonds. The van der Waals surface area contributed by atoms with Gasteiger partial charge in [-0.05, 0) is 38.1 Å². The van der Waals surface area contributed by atoms with Crippen molar-refractivity contribution in [1.82, 2.24) is 10.2 Å². The van der Waals surface area contributed by atoms with E-state index in [2.05, 4.69) is 10.6 Å². The fourth-order valence-electron chi connectivity index (χ4n) is 2.63. The third kappa shape index (κ3) is 2.90. The van der Waals surface area contributed by atoms with Gasteiger partial charge in [-0.3, -0.25) is 4.79 Å². The van der Waals surface area contributed by atoms with E-state index >= 15 is 0 Å². The molecule has 0 bridgehead atoms. The van der Waals surface area contributed by atoms with Crippen LogP contribution in [0.5, 0.6) is 0 Å². The zero-order chi connectivity index (χ0) is 17.3. The van der Waals surface area contributed by atoms with Gasteiger partial charge in [0, 0.05) is 18.4 Å². The number of allylic oxidation sites excluding steroid dienone is 1. The molecule has 2 heterocycles. The van der Waals surface area contributed by atoms with Gasteiger partial charge >= 0.3 is 6.03 Å². The van der Waals surface area contributed by atoms with Crippen LogP contribution in [0.4, 0.5) is 10.5 Å². The van der Waals surface area contributed by atoms with Gasteiger partial charge in [0.1, 0.15) is 11.8 Å². The van der Waals surface area contributed by atoms with Crippen LogP contribution < -0.4 is 10.6 Å². The van der Waals surface area contributed by atoms with Crippen LogP contribution in [-0.4, -0.2) is 23.9 Å². The van der Waals surface area contributed by atoms with Gasteiger partial charge in [0.15, 0.2) is 0 Å². The Hall–Kier alpha value is -3.02. The molecule has 1 aromatic carbocycles. The second-order valence-corrected chi connectivity index (χ2v) is 5.78. The summed E-state index contributed by atoms with van der Waals surface area (Å²) in [4.78, 5) is 26.3. The van der Waals surface area contributed by atoms with Crippen LogP contribution in [0.1, 0.15) is 24.3 Å². The largest absolute Gasteiger partial charge is 0.467 e. The van der Waals surface area contributed by atoms with Crippen LogP contribution in [0.25, 0.3) is 0 Å². The van der Waals surface area contributed by atoms with Crippen LogP contribution in [0, 0.1) is 6.92 Å². The van der Waals surface area contributed by atoms with Crippen molar-refractivity contribution < 1.29 is 14.0 Å². The number of nitrogens with one attached hydrogen (secondary N) is 2. The summed E-state index contributed by atoms with van der Waals surface area (Å²) in [5.74, 6) is 0.245. The highest BCUT2D eigenvalue weighted by Crippen LogP contribution is 2.30. The van der Waals surface area contributed by atoms with E-state index in [-0.39, 0.29) is 11.9 Å². The SMILES string of the molecule is CC1=C(C(=O)Nc2ccc(C)cc2)C(c2ccco2)NC(=O)N1C. The Morgan fingerprint density at radius 2 is 1.92 bits per heavy atom. The van der Waals surface area contributed by atoms with Crippen molar-refractivity contribution >= 4 is 17.6 Å². The topological polar surface area (TPSA) is 74.6 Å². The maximum absolute atomic E-state index is 12.8. The maximum atomic E-state index is 12.8. The number of carbonyl (C=O) groups excluding carboxylic acids is 2. The number of nitrogens with zero attached hydrogens (tertiary/aromatic N) is 1. The Morgan fingerprint density at radius 3 is 2.54 bits per heavy atom. The first-order valence-corrected chi connectivity index (χ1v) is 7.64. The summed E-state index contributed by atoms with van der Waals surface area (Å²) >= 11 is 0. The molecule has 0 spiro atoms. The molecule has 1 aromatic heterocycles. The minimum absolute atomic E-state index is 0.274. The fraction of sp³-hybridized carbons (Fsp3) is 0.222. The van der Waals surface area contributed by atoms with Gasteiger partial charge in [-0.2, -0.15) is 0 Å². The maximum Gasteiger partial charge on any atom is 0.322 e. The summed E-state index contributed by atoms with van der Waals surface area (Å²) in [5.41, 5.74) is 2.85. The highest BCUT2D eigenvalue weighted by atomic mass is 16.3. The summed E-state index contributed by atoms with van der Waals surface area (Å²) in [6, 6.07) is 10.1. The highest BCUT2D eigenvalue weighted by molar-refractivity contribution is 6.06. The van der Waals surface area contributed by atoms with E-state index in [0.29, 0.717) is 22.7 Å². The van der Waals surface area contributed by atoms with E-state index in [0.717, 1.165) is 5.56 Å². The number of benzene rings is 1. The zero-order valence-corrected chi connectivity index (χ0v) is 13.8. The van der Waals surface area contributed by atoms with Crippen LogP contribution in [-0.2, 0) is 4.79 Å². The number of hydrogen-bond donors (Lipinski definition) is 2. The Balaban J connectivity index is 1.95. The second-order valence-electron chi connectivity index (χ2n) is 5.78. The third-order valence-corrected chi connectivity index (χ3v) is 4.14. The Bertz CT molecular complexity index is 791. The van der Waals surface area contributed by atoms with Crippen LogP contribution in [0.2, 0.25) is 0 Å². The lowest BCUT2D eigenvalue weighted by molar-refractivity contribution is -0.113. The summed E-state index contributed by atoms with van der Waals surface area (Å²) in [6.07, 6.45) is 1.52. The average molecular weight is 325 g/mol. The van der Waals surface area contributed by atoms with E-state index in [9.17, 15) is 9.59 Å². The molecule has 3 rings (SSSR count). The van der Waals surface area contributed by atoms with Crippen LogP contribution in [0.15, 0.2) is 58.3 Å². The normalized spacial score (nSPS) is 17.7. The molecule has 2 aromatic rings. The van der Waals surface area contributed by atoms with Gasteiger partial charge in [-0.1, -0.05) is 17.7 Å². The van der Waals surface area contributed by atoms with Crippen molar-refractivity contribution in [3.05, 3.63) is 65.3 Å². The number of hydrogen-bond acceptors (Lipinski definition) is 3. The molecule has 1 aliphatic heterocycles. The minimum Gasteiger partial charge on any atom is -0.467 e. The first-order chi connectivity index (χ1) is 11.5. The Morgan fingerprint density at radius 1 is 1.21 bits per heavy atom. The van der Waals surface area contributed by atoms with E-state index in [1.165, 1.54) is 11.2 Å². The molecule has 2 N–H and O–H groups in total. The molecule has 124 valence electrons. The quantitative estimate of drug-likeness (QED) is 0.910. The van der Waals surface area contributed by atoms with Gasteiger partial charge in [0.05, 0.1) is 11.8 Å². The third-order valence-electron chi connectivity index (χ3n) is 4.14. The van der Waals surface area contributed by atoms with Gasteiger partial charge < -0.3 is 20.0 Å². The molecule has 1 atom stereocenters. The summed E-state index contributed by atoms with van der Waals surface area (Å²) in [5, 5.41) is 5.68. The summed E-state index contributed by atoms with van der Waals surface area (Å²) in [6.45, 7) is 3.73. The average Bonchev–Trinajstić information content (AvgIpc) is 3.08. The van der Waals surface area contributed by atoms with Gasteiger partial charge in [-0.15, -0.1) is 0 Å². The second kappa shape index (κ2) is 6.23. The molecule has 6 heteroatoms. The first kappa shape index (κ1) is 15.9. The van der Waals surface area contributed by atoms with Crippen molar-refractivity contribution in [1.29, 1.82) is 0 Å². The predicted molar refractivity (Wildman–Crippen MR) is 90.3 cm³/mol. The fourth-order valence-corrected chi connectivity index (χ4v) is 2.63. The van der Waals surface area contributed by atoms with Crippen molar-refractivity contribution in [2.24, 2.45) is 0 Å². The number of rotatable bonds is 3. The molecule has 0 radical (unpaired) electrons. The number of carbonyl (C=O) groups is 2. The van der Waals surface area contributed by atoms with Crippen molar-refractivity contribution in [3.63, 3.8) is 0 Å². The van der Waals surface area contributed by atoms with E-state index in [4.69, 9.17) is 4.42 Å². The predicted octanol–water partition coefficient (Wildman–Crippen LogP) is 3.20. The summed E-state index contributed by atoms with van der Waals surface area (Å²) < 4.78 is 5.40. The summed E-state index contributed by atoms with van der Waals surface area (Å²) in [7, 11) is 1.63. The smallest absolute Gasteiger partial charge is 0.322 e. The van der Waals surface area contributed by atoms with Crippen molar-refractivity contribution in [2.75, 3.05) is 12.4 Å². The van der Waals surface area contributed by atoms with Gasteiger partial charge in [0.25, 0.3) is 5.91 Å². The monoisotopic (exact) mass is 325 g/mol. The molecular formula is C18H19N3O3. The van der Waals surface area contributed by atoms with E-state index in [1.807, 2.05) is 31.2 Å². The molecule has 24 heavy (non-hydrogen) atoms. The molecule has 1 aliphatic rings. The first-order valence-electron chi connectivity index (χ1n) is 7.64. The minimum atomic E-state index is -0.617. The lowest BCUT2D eigenvalue weighted by Crippen LogP contribution is -2.46. The van der Waals surface area contributed by atoms with Crippen LogP contribution >= 0.6 is 0 Å². The lowest BCUT2D eigenvalue weighted by atomic mass is 9.99. The molecule has 0 fully saturated rings. The number of furan rings is 1. The Labute approximate surface area is 140 Å². The molecule has 0 saturated heterocycles. The Kier molecular flexibility index (Phi) is 4.12. The lowest BCUT2D eigenvalue weighted by Gasteiger charge is -2.32. The molecular weight excluding hydrogens is 306 g/mol. The number of amides is 3. The molecule has 1 unspecified atom stereocenters. The van der Waals surface area contributed by atoms with Gasteiger partial charge in [-0.25, -0.2) is 4.79 Å². The number of aryl methyl sites for hydroxylation is 1. The standard InChI is InChI=1S/C18H19N3O3/c1-11-6-8-13(9-7-11)19-17(22)15-12(2)21(3)18(23)20-16(15)14-5-4-10-24-14/h4-10,16H,1-3H3,(H,19,22)(H,20,23). The number of anilines is 1. The molecule has 0 saturated carbocycles. The van der Waals surface area contributed by atoms with Crippen molar-refractivity contribution in [3.8, 4) is 0 Å². The van der Waals surface area contributed by atoms with Gasteiger partial charge in [0.2, 0.25) is 0 Å². The highest BCUT2D eigenvalue weighted by Gasteiger charge is 2.35.